The van der Waals surface area contributed by atoms with Gasteiger partial charge in [-0.25, -0.2) is 4.79 Å². The van der Waals surface area contributed by atoms with E-state index in [0.717, 1.165) is 14.0 Å². The molecule has 0 spiro atoms. The molecule has 5 aliphatic heterocycles. The van der Waals surface area contributed by atoms with Gasteiger partial charge in [0.15, 0.2) is 18.9 Å². The summed E-state index contributed by atoms with van der Waals surface area (Å²) in [5, 5.41) is 162. The molecule has 0 aromatic rings. The van der Waals surface area contributed by atoms with E-state index in [1.54, 1.807) is 0 Å². The molecule has 0 radical (unpaired) electrons. The second-order valence-electron chi connectivity index (χ2n) is 17.0. The van der Waals surface area contributed by atoms with E-state index in [1.807, 2.05) is 0 Å². The van der Waals surface area contributed by atoms with Crippen LogP contribution in [0.1, 0.15) is 27.2 Å². The van der Waals surface area contributed by atoms with Gasteiger partial charge < -0.3 is 129 Å². The Bertz CT molecular complexity index is 1550. The maximum atomic E-state index is 12.9. The third-order valence-corrected chi connectivity index (χ3v) is 12.6. The SMILES string of the molecule is CO[C@H]1C(CO)O[C@@H](O[C@@H]2C(CO)O[C@@H](C)C(O)[C@H]2O)C(O)[C@H]1O[C@@H]1OC(CO)[C@@H](O)[C@H](O[C@@H]2OC(CO)[C@H](O)[C@H](O[C@]3(C(=O)O)C[C@@H](O)[C@@H](C)C(C(O)C(O)CO)O3)C2O)C1NC(C)=O. The maximum absolute atomic E-state index is 12.9. The van der Waals surface area contributed by atoms with Crippen LogP contribution >= 0.6 is 0 Å². The van der Waals surface area contributed by atoms with Gasteiger partial charge in [0, 0.05) is 26.4 Å². The molecule has 0 saturated carbocycles. The highest BCUT2D eigenvalue weighted by molar-refractivity contribution is 5.76. The van der Waals surface area contributed by atoms with Crippen LogP contribution in [-0.4, -0.2) is 281 Å². The molecule has 16 N–H and O–H groups in total. The number of carbonyl (C=O) groups is 2. The van der Waals surface area contributed by atoms with Gasteiger partial charge in [-0.3, -0.25) is 4.79 Å². The lowest BCUT2D eigenvalue weighted by molar-refractivity contribution is -0.389. The Labute approximate surface area is 376 Å². The molecule has 5 saturated heterocycles. The first-order valence-electron chi connectivity index (χ1n) is 21.3. The molecule has 5 aliphatic rings. The Morgan fingerprint density at radius 1 is 0.652 bits per heavy atom. The summed E-state index contributed by atoms with van der Waals surface area (Å²) in [6.07, 6.45) is -41.3. The molecule has 1 amide bonds. The summed E-state index contributed by atoms with van der Waals surface area (Å²) in [5.41, 5.74) is 0. The van der Waals surface area contributed by atoms with Gasteiger partial charge in [0.25, 0.3) is 5.79 Å². The van der Waals surface area contributed by atoms with Gasteiger partial charge in [0.2, 0.25) is 5.91 Å². The van der Waals surface area contributed by atoms with Crippen molar-refractivity contribution in [3.8, 4) is 0 Å². The largest absolute Gasteiger partial charge is 0.477 e. The number of aliphatic hydroxyl groups is 14. The molecule has 5 rings (SSSR count). The van der Waals surface area contributed by atoms with E-state index in [9.17, 15) is 86.2 Å². The molecule has 0 aromatic heterocycles. The first-order valence-corrected chi connectivity index (χ1v) is 21.3. The topological polar surface area (TPSA) is 442 Å². The van der Waals surface area contributed by atoms with Gasteiger partial charge in [-0.2, -0.15) is 0 Å². The minimum Gasteiger partial charge on any atom is -0.477 e. The number of amides is 1. The number of carboxylic acid groups (broad SMARTS) is 1. The minimum atomic E-state index is -3.01. The van der Waals surface area contributed by atoms with E-state index < -0.39 is 210 Å². The molecule has 0 bridgehead atoms. The van der Waals surface area contributed by atoms with Crippen LogP contribution in [0.4, 0.5) is 0 Å². The highest BCUT2D eigenvalue weighted by Gasteiger charge is 2.60. The normalized spacial score (nSPS) is 47.8. The van der Waals surface area contributed by atoms with Crippen LogP contribution in [0.25, 0.3) is 0 Å². The van der Waals surface area contributed by atoms with Gasteiger partial charge in [-0.05, 0) is 6.92 Å². The molecule has 0 aliphatic carbocycles. The number of hydrogen-bond acceptors (Lipinski definition) is 26. The number of aliphatic hydroxyl groups excluding tert-OH is 14. The fourth-order valence-corrected chi connectivity index (χ4v) is 8.79. The third-order valence-electron chi connectivity index (χ3n) is 12.6. The van der Waals surface area contributed by atoms with Crippen molar-refractivity contribution >= 4 is 11.9 Å². The van der Waals surface area contributed by atoms with Crippen molar-refractivity contribution in [2.45, 2.75) is 180 Å². The molecule has 5 heterocycles. The quantitative estimate of drug-likeness (QED) is 0.0606. The highest BCUT2D eigenvalue weighted by atomic mass is 16.8. The Hall–Kier alpha value is -2.02. The first kappa shape index (κ1) is 54.9. The average molecular weight is 968 g/mol. The Kier molecular flexibility index (Phi) is 19.4. The number of ether oxygens (including phenoxy) is 10. The van der Waals surface area contributed by atoms with Gasteiger partial charge in [0.1, 0.15) is 110 Å². The van der Waals surface area contributed by atoms with E-state index in [2.05, 4.69) is 5.32 Å². The lowest BCUT2D eigenvalue weighted by atomic mass is 9.84. The van der Waals surface area contributed by atoms with Gasteiger partial charge >= 0.3 is 5.97 Å². The number of aliphatic carboxylic acids is 1. The third kappa shape index (κ3) is 11.3. The van der Waals surface area contributed by atoms with Crippen LogP contribution in [0.5, 0.6) is 0 Å². The van der Waals surface area contributed by atoms with Crippen molar-refractivity contribution in [2.75, 3.05) is 40.1 Å². The van der Waals surface area contributed by atoms with E-state index in [-0.39, 0.29) is 0 Å². The number of rotatable bonds is 18. The Balaban J connectivity index is 1.46. The van der Waals surface area contributed by atoms with E-state index in [1.165, 1.54) is 13.8 Å². The number of nitrogens with one attached hydrogen (secondary N) is 1. The Morgan fingerprint density at radius 3 is 1.68 bits per heavy atom. The predicted molar refractivity (Wildman–Crippen MR) is 207 cm³/mol. The summed E-state index contributed by atoms with van der Waals surface area (Å²) >= 11 is 0. The fraction of sp³-hybridized carbons (Fsp3) is 0.947. The molecule has 28 heteroatoms. The van der Waals surface area contributed by atoms with Crippen molar-refractivity contribution < 1.29 is 134 Å². The monoisotopic (exact) mass is 967 g/mol. The van der Waals surface area contributed by atoms with Gasteiger partial charge in [-0.15, -0.1) is 0 Å². The van der Waals surface area contributed by atoms with Crippen molar-refractivity contribution in [1.82, 2.24) is 5.32 Å². The fourth-order valence-electron chi connectivity index (χ4n) is 8.79. The summed E-state index contributed by atoms with van der Waals surface area (Å²) < 4.78 is 57.8. The number of carboxylic acids is 1. The lowest BCUT2D eigenvalue weighted by Gasteiger charge is -2.51. The van der Waals surface area contributed by atoms with Gasteiger partial charge in [-0.1, -0.05) is 6.92 Å². The summed E-state index contributed by atoms with van der Waals surface area (Å²) in [6, 6.07) is -1.73. The minimum absolute atomic E-state index is 0.714. The highest BCUT2D eigenvalue weighted by Crippen LogP contribution is 2.41. The molecular weight excluding hydrogens is 902 g/mol. The van der Waals surface area contributed by atoms with Crippen molar-refractivity contribution in [3.05, 3.63) is 0 Å². The molecule has 28 nitrogen and oxygen atoms in total. The zero-order valence-corrected chi connectivity index (χ0v) is 36.3. The number of carbonyl (C=O) groups excluding carboxylic acids is 1. The zero-order chi connectivity index (χ0) is 49.1. The number of hydrogen-bond donors (Lipinski definition) is 16. The molecule has 26 atom stereocenters. The average Bonchev–Trinajstić information content (AvgIpc) is 3.29. The van der Waals surface area contributed by atoms with Crippen LogP contribution in [0, 0.1) is 5.92 Å². The van der Waals surface area contributed by atoms with Crippen LogP contribution in [0.3, 0.4) is 0 Å². The predicted octanol–water partition coefficient (Wildman–Crippen LogP) is -9.58. The molecule has 11 unspecified atom stereocenters. The van der Waals surface area contributed by atoms with Crippen LogP contribution in [-0.2, 0) is 57.0 Å². The second-order valence-corrected chi connectivity index (χ2v) is 17.0. The van der Waals surface area contributed by atoms with Crippen molar-refractivity contribution in [3.63, 3.8) is 0 Å². The van der Waals surface area contributed by atoms with E-state index in [4.69, 9.17) is 47.4 Å². The Morgan fingerprint density at radius 2 is 1.15 bits per heavy atom. The molecule has 384 valence electrons. The second kappa shape index (κ2) is 23.3. The van der Waals surface area contributed by atoms with Crippen LogP contribution < -0.4 is 5.32 Å². The summed E-state index contributed by atoms with van der Waals surface area (Å²) in [7, 11) is 1.15. The van der Waals surface area contributed by atoms with Crippen LogP contribution in [0.2, 0.25) is 0 Å². The smallest absolute Gasteiger partial charge is 0.364 e. The van der Waals surface area contributed by atoms with E-state index in [0.29, 0.717) is 0 Å². The molecule has 5 fully saturated rings. The lowest BCUT2D eigenvalue weighted by Crippen LogP contribution is -2.71. The summed E-state index contributed by atoms with van der Waals surface area (Å²) in [5.74, 6) is -6.87. The maximum Gasteiger partial charge on any atom is 0.364 e. The van der Waals surface area contributed by atoms with Crippen LogP contribution in [0.15, 0.2) is 0 Å². The molecule has 0 aromatic carbocycles. The van der Waals surface area contributed by atoms with Crippen molar-refractivity contribution in [2.24, 2.45) is 5.92 Å². The summed E-state index contributed by atoms with van der Waals surface area (Å²) in [6.45, 7) is -0.759. The standard InChI is InChI=1S/C38H65NO27/c1-11-14(46)5-38(37(55)56,65-28(11)22(49)15(47)6-40)66-32-24(51)17(8-42)60-35(26(32)53)63-31-20(39-13(3)45)34(59-16(7-41)23(31)50)64-33-27(54)36(61-19(10-44)30(33)57-4)62-29-18(9-43)58-12(2)21(48)25(29)52/h11-12,14-36,40-44,46-54H,5-10H2,1-4H3,(H,39,45)(H,55,56)/t11-,12+,14-,15?,16?,17?,18?,19?,20?,21?,22?,23-,24+,25-,26?,27?,28?,29-,30+,31-,32+,33-,34+,35+,36+,38+/m1/s1. The van der Waals surface area contributed by atoms with Gasteiger partial charge in [0.05, 0.1) is 51.3 Å². The summed E-state index contributed by atoms with van der Waals surface area (Å²) in [4.78, 5) is 25.6. The number of methoxy groups -OCH3 is 1. The van der Waals surface area contributed by atoms with Crippen molar-refractivity contribution in [1.29, 1.82) is 0 Å². The van der Waals surface area contributed by atoms with E-state index >= 15 is 0 Å². The first-order chi connectivity index (χ1) is 31.1. The zero-order valence-electron chi connectivity index (χ0n) is 36.3. The molecular formula is C38H65NO27. The molecule has 66 heavy (non-hydrogen) atoms.